The average Bonchev–Trinajstić information content (AvgIpc) is 3.07. The molecule has 0 aliphatic carbocycles. The highest BCUT2D eigenvalue weighted by Gasteiger charge is 2.17. The average molecular weight is 467 g/mol. The molecule has 0 radical (unpaired) electrons. The summed E-state index contributed by atoms with van der Waals surface area (Å²) in [6.07, 6.45) is 0. The number of nitrogens with zero attached hydrogens (tertiary/aromatic N) is 3. The van der Waals surface area contributed by atoms with Crippen LogP contribution in [0, 0.1) is 0 Å². The fourth-order valence-electron chi connectivity index (χ4n) is 3.02. The first-order chi connectivity index (χ1) is 15.8. The Morgan fingerprint density at radius 1 is 0.879 bits per heavy atom. The van der Waals surface area contributed by atoms with E-state index in [2.05, 4.69) is 25.2 Å². The number of rotatable bonds is 7. The monoisotopic (exact) mass is 467 g/mol. The van der Waals surface area contributed by atoms with Crippen LogP contribution in [0.2, 0.25) is 0 Å². The largest absolute Gasteiger partial charge is 0.481 e. The van der Waals surface area contributed by atoms with E-state index in [-0.39, 0.29) is 28.0 Å². The molecule has 0 aliphatic rings. The topological polar surface area (TPSA) is 149 Å². The third-order valence-corrected chi connectivity index (χ3v) is 5.99. The van der Waals surface area contributed by atoms with E-state index >= 15 is 0 Å². The molecule has 0 saturated heterocycles. The molecule has 0 atom stereocenters. The molecule has 11 nitrogen and oxygen atoms in total. The highest BCUT2D eigenvalue weighted by molar-refractivity contribution is 7.92. The van der Waals surface area contributed by atoms with Gasteiger partial charge < -0.3 is 9.47 Å². The number of hydrogen-bond acceptors (Lipinski definition) is 10. The van der Waals surface area contributed by atoms with Crippen molar-refractivity contribution in [3.63, 3.8) is 0 Å². The molecular weight excluding hydrogens is 450 g/mol. The van der Waals surface area contributed by atoms with Crippen molar-refractivity contribution in [2.45, 2.75) is 4.90 Å². The van der Waals surface area contributed by atoms with Crippen molar-refractivity contribution in [1.82, 2.24) is 9.97 Å². The third-order valence-electron chi connectivity index (χ3n) is 4.62. The number of nitrogens with one attached hydrogen (secondary N) is 2. The number of methoxy groups -OCH3 is 2. The lowest BCUT2D eigenvalue weighted by Gasteiger charge is -2.10. The van der Waals surface area contributed by atoms with Gasteiger partial charge in [-0.2, -0.15) is 15.1 Å². The molecule has 0 unspecified atom stereocenters. The van der Waals surface area contributed by atoms with Crippen molar-refractivity contribution in [2.24, 2.45) is 5.10 Å². The molecule has 2 N–H and O–H groups in total. The standard InChI is InChI=1S/C21H17N5O6S/c1-31-17-11-16(22-21(23-17)32-2)26-33(29,30)13-9-7-12(8-10-13)24-25-18-19(27)14-5-3-4-6-15(14)20(18)28/h3-11,24H,1-2H3,(H,22,23,26). The summed E-state index contributed by atoms with van der Waals surface area (Å²) in [5.41, 5.74) is 2.06. The fourth-order valence-corrected chi connectivity index (χ4v) is 4.01. The van der Waals surface area contributed by atoms with Crippen molar-refractivity contribution in [2.75, 3.05) is 24.4 Å². The number of fused-ring (bicyclic) bond motifs is 1. The highest BCUT2D eigenvalue weighted by Crippen LogP contribution is 2.21. The molecule has 0 spiro atoms. The second-order valence-corrected chi connectivity index (χ2v) is 8.37. The molecule has 4 aromatic rings. The molecule has 0 aliphatic heterocycles. The van der Waals surface area contributed by atoms with Gasteiger partial charge in [0.25, 0.3) is 10.0 Å². The summed E-state index contributed by atoms with van der Waals surface area (Å²) in [4.78, 5) is 32.5. The van der Waals surface area contributed by atoms with Crippen LogP contribution in [0.3, 0.4) is 0 Å². The first kappa shape index (κ1) is 21.9. The molecule has 0 amide bonds. The van der Waals surface area contributed by atoms with Crippen LogP contribution in [0.5, 0.6) is 11.9 Å². The van der Waals surface area contributed by atoms with Crippen LogP contribution < -0.4 is 35.8 Å². The van der Waals surface area contributed by atoms with Crippen molar-refractivity contribution in [3.8, 4) is 11.9 Å². The summed E-state index contributed by atoms with van der Waals surface area (Å²) in [5, 5.41) is 4.29. The molecule has 33 heavy (non-hydrogen) atoms. The van der Waals surface area contributed by atoms with Crippen LogP contribution in [0.15, 0.2) is 74.2 Å². The zero-order chi connectivity index (χ0) is 23.6. The quantitative estimate of drug-likeness (QED) is 0.379. The Labute approximate surface area is 187 Å². The molecule has 0 saturated carbocycles. The minimum atomic E-state index is -3.99. The lowest BCUT2D eigenvalue weighted by molar-refractivity contribution is 0.353. The fraction of sp³-hybridized carbons (Fsp3) is 0.0952. The van der Waals surface area contributed by atoms with Crippen molar-refractivity contribution in [1.29, 1.82) is 0 Å². The van der Waals surface area contributed by atoms with E-state index < -0.39 is 20.9 Å². The van der Waals surface area contributed by atoms with Gasteiger partial charge in [-0.15, -0.1) is 0 Å². The van der Waals surface area contributed by atoms with Gasteiger partial charge in [0.1, 0.15) is 0 Å². The van der Waals surface area contributed by atoms with E-state index in [1.54, 1.807) is 24.3 Å². The number of anilines is 2. The number of sulfonamides is 1. The van der Waals surface area contributed by atoms with Crippen molar-refractivity contribution < 1.29 is 17.9 Å². The van der Waals surface area contributed by atoms with Gasteiger partial charge in [0.2, 0.25) is 16.7 Å². The van der Waals surface area contributed by atoms with Crippen LogP contribution in [0.25, 0.3) is 10.8 Å². The molecule has 0 bridgehead atoms. The summed E-state index contributed by atoms with van der Waals surface area (Å²) in [6, 6.07) is 13.2. The van der Waals surface area contributed by atoms with Gasteiger partial charge in [0, 0.05) is 16.8 Å². The predicted molar refractivity (Wildman–Crippen MR) is 120 cm³/mol. The summed E-state index contributed by atoms with van der Waals surface area (Å²) in [5.74, 6) is 0.0847. The number of ether oxygens (including phenoxy) is 2. The Hall–Kier alpha value is -4.32. The maximum atomic E-state index is 12.7. The molecule has 168 valence electrons. The highest BCUT2D eigenvalue weighted by atomic mass is 32.2. The first-order valence-corrected chi connectivity index (χ1v) is 10.9. The summed E-state index contributed by atoms with van der Waals surface area (Å²) in [6.45, 7) is 0. The molecular formula is C21H17N5O6S. The lowest BCUT2D eigenvalue weighted by atomic mass is 10.2. The Morgan fingerprint density at radius 2 is 1.52 bits per heavy atom. The zero-order valence-corrected chi connectivity index (χ0v) is 18.2. The normalized spacial score (nSPS) is 11.2. The van der Waals surface area contributed by atoms with Gasteiger partial charge in [0.05, 0.1) is 24.8 Å². The Morgan fingerprint density at radius 3 is 2.09 bits per heavy atom. The van der Waals surface area contributed by atoms with Gasteiger partial charge in [-0.05, 0) is 24.3 Å². The van der Waals surface area contributed by atoms with Crippen LogP contribution in [0.4, 0.5) is 11.5 Å². The van der Waals surface area contributed by atoms with Gasteiger partial charge in [0.15, 0.2) is 11.2 Å². The SMILES string of the molecule is COc1cc(NS(=O)(=O)c2ccc(NN=c3c(=O)c4ccccc4c3=O)cc2)nc(OC)n1. The van der Waals surface area contributed by atoms with Gasteiger partial charge >= 0.3 is 6.01 Å². The van der Waals surface area contributed by atoms with Crippen molar-refractivity contribution >= 4 is 32.3 Å². The Bertz CT molecular complexity index is 1520. The summed E-state index contributed by atoms with van der Waals surface area (Å²) in [7, 11) is -1.27. The second kappa shape index (κ2) is 8.67. The maximum Gasteiger partial charge on any atom is 0.321 e. The van der Waals surface area contributed by atoms with E-state index in [0.29, 0.717) is 16.5 Å². The van der Waals surface area contributed by atoms with Crippen molar-refractivity contribution in [3.05, 3.63) is 80.4 Å². The lowest BCUT2D eigenvalue weighted by Crippen LogP contribution is -2.32. The van der Waals surface area contributed by atoms with Gasteiger partial charge in [-0.25, -0.2) is 8.42 Å². The molecule has 0 fully saturated rings. The van der Waals surface area contributed by atoms with E-state index in [1.165, 1.54) is 44.6 Å². The van der Waals surface area contributed by atoms with E-state index in [0.717, 1.165) is 0 Å². The molecule has 4 rings (SSSR count). The molecule has 1 aromatic heterocycles. The minimum Gasteiger partial charge on any atom is -0.481 e. The third kappa shape index (κ3) is 4.36. The second-order valence-electron chi connectivity index (χ2n) is 6.69. The van der Waals surface area contributed by atoms with Crippen LogP contribution in [-0.2, 0) is 10.0 Å². The minimum absolute atomic E-state index is 0.0369. The van der Waals surface area contributed by atoms with Crippen LogP contribution in [-0.4, -0.2) is 32.6 Å². The molecule has 3 aromatic carbocycles. The predicted octanol–water partition coefficient (Wildman–Crippen LogP) is 0.972. The maximum absolute atomic E-state index is 12.7. The smallest absolute Gasteiger partial charge is 0.321 e. The molecule has 12 heteroatoms. The van der Waals surface area contributed by atoms with Gasteiger partial charge in [-0.3, -0.25) is 19.7 Å². The zero-order valence-electron chi connectivity index (χ0n) is 17.4. The summed E-state index contributed by atoms with van der Waals surface area (Å²) >= 11 is 0. The Kier molecular flexibility index (Phi) is 5.75. The van der Waals surface area contributed by atoms with E-state index in [1.807, 2.05) is 0 Å². The molecule has 1 heterocycles. The van der Waals surface area contributed by atoms with Gasteiger partial charge in [-0.1, -0.05) is 24.3 Å². The first-order valence-electron chi connectivity index (χ1n) is 9.44. The van der Waals surface area contributed by atoms with E-state index in [9.17, 15) is 18.0 Å². The van der Waals surface area contributed by atoms with Crippen LogP contribution >= 0.6 is 0 Å². The number of hydrogen-bond donors (Lipinski definition) is 2. The number of benzene rings is 2. The Balaban J connectivity index is 1.57. The summed E-state index contributed by atoms with van der Waals surface area (Å²) < 4.78 is 37.7. The van der Waals surface area contributed by atoms with Crippen LogP contribution in [0.1, 0.15) is 0 Å². The number of aromatic nitrogens is 2. The van der Waals surface area contributed by atoms with E-state index in [4.69, 9.17) is 9.47 Å².